The number of aromatic hydroxyl groups is 1. The van der Waals surface area contributed by atoms with Gasteiger partial charge in [-0.1, -0.05) is 33.8 Å². The third-order valence-corrected chi connectivity index (χ3v) is 13.4. The van der Waals surface area contributed by atoms with Crippen LogP contribution in [-0.2, 0) is 10.8 Å². The number of hydrogen-bond donors (Lipinski definition) is 1. The quantitative estimate of drug-likeness (QED) is 0.577. The van der Waals surface area contributed by atoms with Crippen molar-refractivity contribution in [3.8, 4) is 5.75 Å². The normalized spacial score (nSPS) is 36.1. The van der Waals surface area contributed by atoms with Crippen LogP contribution in [0.2, 0.25) is 18.1 Å². The van der Waals surface area contributed by atoms with Gasteiger partial charge in [-0.25, -0.2) is 0 Å². The lowest BCUT2D eigenvalue weighted by Gasteiger charge is -2.52. The van der Waals surface area contributed by atoms with Gasteiger partial charge in [0, 0.05) is 0 Å². The van der Waals surface area contributed by atoms with Gasteiger partial charge in [0.2, 0.25) is 0 Å². The van der Waals surface area contributed by atoms with Crippen molar-refractivity contribution < 1.29 is 9.53 Å². The Morgan fingerprint density at radius 3 is 2.56 bits per heavy atom. The van der Waals surface area contributed by atoms with Crippen molar-refractivity contribution in [1.82, 2.24) is 0 Å². The van der Waals surface area contributed by atoms with Crippen LogP contribution in [0.15, 0.2) is 18.2 Å². The molecule has 3 aliphatic rings. The Morgan fingerprint density at radius 2 is 1.85 bits per heavy atom. The van der Waals surface area contributed by atoms with Crippen molar-refractivity contribution in [2.24, 2.45) is 17.3 Å². The Balaban J connectivity index is 1.58. The minimum Gasteiger partial charge on any atom is -0.508 e. The number of fused-ring (bicyclic) bond motifs is 5. The van der Waals surface area contributed by atoms with Crippen molar-refractivity contribution in [3.05, 3.63) is 29.3 Å². The standard InChI is InChI=1S/C24H38O2Si/c1-23(2,3)27(5,6)26-22-12-11-21-20-9-7-16-15-17(25)8-10-18(16)19(20)13-14-24(21,22)4/h8,10,15,19-22,25H,7,9,11-14H2,1-6H3/t19-,20-,21+,22-,24+/m1/s1. The molecule has 1 N–H and O–H groups in total. The van der Waals surface area contributed by atoms with Gasteiger partial charge in [0.1, 0.15) is 5.75 Å². The molecule has 0 unspecified atom stereocenters. The maximum atomic E-state index is 9.87. The SMILES string of the molecule is CC(C)(C)[Si](C)(C)O[C@@H]1CC[C@H]2[C@@H]3CCc4cc(O)ccc4[C@H]3CC[C@]12C. The van der Waals surface area contributed by atoms with Gasteiger partial charge in [-0.05, 0) is 103 Å². The van der Waals surface area contributed by atoms with Crippen molar-refractivity contribution in [3.63, 3.8) is 0 Å². The predicted octanol–water partition coefficient (Wildman–Crippen LogP) is 6.64. The van der Waals surface area contributed by atoms with E-state index in [1.165, 1.54) is 43.2 Å². The molecule has 5 atom stereocenters. The fourth-order valence-electron chi connectivity index (χ4n) is 6.25. The lowest BCUT2D eigenvalue weighted by molar-refractivity contribution is -0.0165. The Hall–Kier alpha value is -0.803. The summed E-state index contributed by atoms with van der Waals surface area (Å²) in [5, 5.41) is 10.2. The van der Waals surface area contributed by atoms with E-state index in [1.54, 1.807) is 0 Å². The molecule has 0 spiro atoms. The number of aryl methyl sites for hydroxylation is 1. The second-order valence-corrected chi connectivity index (χ2v) is 16.0. The summed E-state index contributed by atoms with van der Waals surface area (Å²) in [6.45, 7) is 14.5. The Morgan fingerprint density at radius 1 is 1.11 bits per heavy atom. The van der Waals surface area contributed by atoms with Crippen molar-refractivity contribution in [1.29, 1.82) is 0 Å². The van der Waals surface area contributed by atoms with Gasteiger partial charge in [0.25, 0.3) is 0 Å². The molecule has 1 aromatic rings. The van der Waals surface area contributed by atoms with Crippen molar-refractivity contribution in [2.45, 2.75) is 96.4 Å². The van der Waals surface area contributed by atoms with E-state index in [-0.39, 0.29) is 5.04 Å². The third kappa shape index (κ3) is 3.09. The van der Waals surface area contributed by atoms with Crippen LogP contribution >= 0.6 is 0 Å². The van der Waals surface area contributed by atoms with E-state index in [1.807, 2.05) is 12.1 Å². The minimum atomic E-state index is -1.73. The van der Waals surface area contributed by atoms with E-state index in [4.69, 9.17) is 4.43 Å². The summed E-state index contributed by atoms with van der Waals surface area (Å²) in [6, 6.07) is 6.12. The molecular formula is C24H38O2Si. The van der Waals surface area contributed by atoms with E-state index < -0.39 is 8.32 Å². The zero-order valence-corrected chi connectivity index (χ0v) is 19.1. The largest absolute Gasteiger partial charge is 0.508 e. The smallest absolute Gasteiger partial charge is 0.192 e. The maximum Gasteiger partial charge on any atom is 0.192 e. The first-order valence-electron chi connectivity index (χ1n) is 11.0. The molecule has 27 heavy (non-hydrogen) atoms. The second kappa shape index (κ2) is 6.35. The van der Waals surface area contributed by atoms with Crippen LogP contribution < -0.4 is 0 Å². The first-order chi connectivity index (χ1) is 12.5. The number of hydrogen-bond acceptors (Lipinski definition) is 2. The molecule has 0 radical (unpaired) electrons. The summed E-state index contributed by atoms with van der Waals surface area (Å²) < 4.78 is 7.01. The lowest BCUT2D eigenvalue weighted by Crippen LogP contribution is -2.50. The van der Waals surface area contributed by atoms with Crippen LogP contribution in [0.3, 0.4) is 0 Å². The van der Waals surface area contributed by atoms with E-state index in [9.17, 15) is 5.11 Å². The molecule has 0 aliphatic heterocycles. The lowest BCUT2D eigenvalue weighted by atomic mass is 9.55. The van der Waals surface area contributed by atoms with Crippen LogP contribution in [-0.4, -0.2) is 19.5 Å². The second-order valence-electron chi connectivity index (χ2n) is 11.3. The van der Waals surface area contributed by atoms with E-state index in [2.05, 4.69) is 46.9 Å². The molecule has 3 aliphatic carbocycles. The summed E-state index contributed by atoms with van der Waals surface area (Å²) in [7, 11) is -1.73. The maximum absolute atomic E-state index is 9.87. The average molecular weight is 387 g/mol. The van der Waals surface area contributed by atoms with Crippen molar-refractivity contribution >= 4 is 8.32 Å². The minimum absolute atomic E-state index is 0.282. The van der Waals surface area contributed by atoms with Gasteiger partial charge in [0.15, 0.2) is 8.32 Å². The summed E-state index contributed by atoms with van der Waals surface area (Å²) in [4.78, 5) is 0. The summed E-state index contributed by atoms with van der Waals surface area (Å²) in [6.07, 6.45) is 8.03. The van der Waals surface area contributed by atoms with Gasteiger partial charge in [-0.2, -0.15) is 0 Å². The fraction of sp³-hybridized carbons (Fsp3) is 0.750. The number of phenols is 1. The van der Waals surface area contributed by atoms with Gasteiger partial charge >= 0.3 is 0 Å². The Bertz CT molecular complexity index is 720. The van der Waals surface area contributed by atoms with Crippen LogP contribution in [0.5, 0.6) is 5.75 Å². The predicted molar refractivity (Wildman–Crippen MR) is 115 cm³/mol. The van der Waals surface area contributed by atoms with E-state index >= 15 is 0 Å². The number of rotatable bonds is 2. The fourth-order valence-corrected chi connectivity index (χ4v) is 7.70. The molecular weight excluding hydrogens is 348 g/mol. The molecule has 2 fully saturated rings. The molecule has 0 heterocycles. The average Bonchev–Trinajstić information content (AvgIpc) is 2.89. The molecule has 0 aromatic heterocycles. The molecule has 2 saturated carbocycles. The number of benzene rings is 1. The highest BCUT2D eigenvalue weighted by Crippen LogP contribution is 2.62. The van der Waals surface area contributed by atoms with Gasteiger partial charge < -0.3 is 9.53 Å². The van der Waals surface area contributed by atoms with Gasteiger partial charge in [-0.3, -0.25) is 0 Å². The highest BCUT2D eigenvalue weighted by Gasteiger charge is 2.56. The van der Waals surface area contributed by atoms with Crippen LogP contribution in [0.25, 0.3) is 0 Å². The Kier molecular flexibility index (Phi) is 4.59. The third-order valence-electron chi connectivity index (χ3n) is 8.87. The topological polar surface area (TPSA) is 29.5 Å². The first kappa shape index (κ1) is 19.5. The monoisotopic (exact) mass is 386 g/mol. The zero-order valence-electron chi connectivity index (χ0n) is 18.1. The number of phenolic OH excluding ortho intramolecular Hbond substituents is 1. The van der Waals surface area contributed by atoms with Crippen molar-refractivity contribution in [2.75, 3.05) is 0 Å². The molecule has 0 saturated heterocycles. The first-order valence-corrected chi connectivity index (χ1v) is 13.9. The van der Waals surface area contributed by atoms with Gasteiger partial charge in [-0.15, -0.1) is 0 Å². The highest BCUT2D eigenvalue weighted by molar-refractivity contribution is 6.74. The van der Waals surface area contributed by atoms with E-state index in [0.29, 0.717) is 23.2 Å². The summed E-state index contributed by atoms with van der Waals surface area (Å²) in [5.41, 5.74) is 3.28. The zero-order chi connectivity index (χ0) is 19.6. The molecule has 150 valence electrons. The van der Waals surface area contributed by atoms with Crippen LogP contribution in [0.4, 0.5) is 0 Å². The van der Waals surface area contributed by atoms with Crippen LogP contribution in [0.1, 0.15) is 76.8 Å². The Labute approximate surface area is 166 Å². The molecule has 0 amide bonds. The molecule has 4 rings (SSSR count). The molecule has 1 aromatic carbocycles. The summed E-state index contributed by atoms with van der Waals surface area (Å²) >= 11 is 0. The molecule has 0 bridgehead atoms. The van der Waals surface area contributed by atoms with E-state index in [0.717, 1.165) is 18.3 Å². The van der Waals surface area contributed by atoms with Crippen LogP contribution in [0, 0.1) is 17.3 Å². The molecule has 2 nitrogen and oxygen atoms in total. The highest BCUT2D eigenvalue weighted by atomic mass is 28.4. The summed E-state index contributed by atoms with van der Waals surface area (Å²) in [5.74, 6) is 2.72. The van der Waals surface area contributed by atoms with Gasteiger partial charge in [0.05, 0.1) is 6.10 Å². The molecule has 3 heteroatoms.